The fourth-order valence-electron chi connectivity index (χ4n) is 3.64. The Bertz CT molecular complexity index is 402. The summed E-state index contributed by atoms with van der Waals surface area (Å²) in [6, 6.07) is 8.92. The minimum Gasteiger partial charge on any atom is -0.0922 e. The first-order valence-electron chi connectivity index (χ1n) is 8.29. The molecule has 0 radical (unpaired) electrons. The summed E-state index contributed by atoms with van der Waals surface area (Å²) in [4.78, 5) is 0. The topological polar surface area (TPSA) is 0 Å². The van der Waals surface area contributed by atoms with Gasteiger partial charge in [-0.25, -0.2) is 0 Å². The molecule has 1 aliphatic rings. The van der Waals surface area contributed by atoms with E-state index in [2.05, 4.69) is 54.0 Å². The molecule has 1 fully saturated rings. The molecule has 1 aromatic rings. The molecule has 0 atom stereocenters. The van der Waals surface area contributed by atoms with Crippen LogP contribution < -0.4 is 0 Å². The van der Waals surface area contributed by atoms with Crippen LogP contribution in [-0.4, -0.2) is 5.33 Å². The third kappa shape index (κ3) is 4.10. The standard InChI is InChI=1S/C19H29Br/c1-3-4-8-17-10-12-19(15-20,13-11-17)14-18-9-6-5-7-16(18)2/h5-7,9,17H,3-4,8,10-15H2,1-2H3. The van der Waals surface area contributed by atoms with Crippen molar-refractivity contribution in [1.82, 2.24) is 0 Å². The predicted octanol–water partition coefficient (Wildman–Crippen LogP) is 6.30. The van der Waals surface area contributed by atoms with E-state index >= 15 is 0 Å². The molecule has 0 spiro atoms. The molecule has 0 amide bonds. The van der Waals surface area contributed by atoms with Crippen molar-refractivity contribution in [2.24, 2.45) is 11.3 Å². The van der Waals surface area contributed by atoms with Gasteiger partial charge in [0.25, 0.3) is 0 Å². The molecule has 0 aliphatic heterocycles. The number of hydrogen-bond acceptors (Lipinski definition) is 0. The summed E-state index contributed by atoms with van der Waals surface area (Å²) in [5.74, 6) is 0.999. The molecule has 0 aromatic heterocycles. The first-order valence-corrected chi connectivity index (χ1v) is 9.42. The predicted molar refractivity (Wildman–Crippen MR) is 92.6 cm³/mol. The van der Waals surface area contributed by atoms with Gasteiger partial charge in [0.1, 0.15) is 0 Å². The molecule has 2 rings (SSSR count). The zero-order chi connectivity index (χ0) is 14.4. The van der Waals surface area contributed by atoms with Crippen LogP contribution in [0.1, 0.15) is 63.0 Å². The molecule has 0 unspecified atom stereocenters. The molecule has 0 saturated heterocycles. The van der Waals surface area contributed by atoms with E-state index in [0.29, 0.717) is 5.41 Å². The summed E-state index contributed by atoms with van der Waals surface area (Å²) in [6.45, 7) is 4.56. The molecule has 0 N–H and O–H groups in total. The van der Waals surface area contributed by atoms with Crippen LogP contribution in [0.25, 0.3) is 0 Å². The Morgan fingerprint density at radius 3 is 2.50 bits per heavy atom. The van der Waals surface area contributed by atoms with Crippen LogP contribution in [0.15, 0.2) is 24.3 Å². The molecule has 1 saturated carbocycles. The van der Waals surface area contributed by atoms with Crippen LogP contribution >= 0.6 is 15.9 Å². The van der Waals surface area contributed by atoms with Gasteiger partial charge in [0.05, 0.1) is 0 Å². The summed E-state index contributed by atoms with van der Waals surface area (Å²) in [7, 11) is 0. The van der Waals surface area contributed by atoms with E-state index in [1.165, 1.54) is 56.9 Å². The summed E-state index contributed by atoms with van der Waals surface area (Å²) < 4.78 is 0. The fraction of sp³-hybridized carbons (Fsp3) is 0.684. The van der Waals surface area contributed by atoms with Crippen molar-refractivity contribution < 1.29 is 0 Å². The van der Waals surface area contributed by atoms with Gasteiger partial charge < -0.3 is 0 Å². The summed E-state index contributed by atoms with van der Waals surface area (Å²) in [6.07, 6.45) is 11.2. The smallest absolute Gasteiger partial charge is 0.00911 e. The minimum atomic E-state index is 0.509. The van der Waals surface area contributed by atoms with Crippen molar-refractivity contribution >= 4 is 15.9 Å². The van der Waals surface area contributed by atoms with Crippen LogP contribution in [0.4, 0.5) is 0 Å². The zero-order valence-electron chi connectivity index (χ0n) is 13.1. The van der Waals surface area contributed by atoms with Gasteiger partial charge in [0.15, 0.2) is 0 Å². The Morgan fingerprint density at radius 2 is 1.90 bits per heavy atom. The number of benzene rings is 1. The molecule has 1 aliphatic carbocycles. The highest BCUT2D eigenvalue weighted by Gasteiger charge is 2.34. The number of hydrogen-bond donors (Lipinski definition) is 0. The van der Waals surface area contributed by atoms with Crippen LogP contribution in [0.2, 0.25) is 0 Å². The Hall–Kier alpha value is -0.300. The summed E-state index contributed by atoms with van der Waals surface area (Å²) in [5, 5.41) is 1.16. The largest absolute Gasteiger partial charge is 0.0922 e. The summed E-state index contributed by atoms with van der Waals surface area (Å²) in [5.41, 5.74) is 3.52. The number of aryl methyl sites for hydroxylation is 1. The highest BCUT2D eigenvalue weighted by molar-refractivity contribution is 9.09. The second kappa shape index (κ2) is 7.64. The lowest BCUT2D eigenvalue weighted by Gasteiger charge is -2.39. The second-order valence-corrected chi connectivity index (χ2v) is 7.38. The quantitative estimate of drug-likeness (QED) is 0.534. The van der Waals surface area contributed by atoms with E-state index in [-0.39, 0.29) is 0 Å². The number of halogens is 1. The molecular formula is C19H29Br. The minimum absolute atomic E-state index is 0.509. The molecular weight excluding hydrogens is 308 g/mol. The zero-order valence-corrected chi connectivity index (χ0v) is 14.7. The van der Waals surface area contributed by atoms with E-state index in [4.69, 9.17) is 0 Å². The normalized spacial score (nSPS) is 26.6. The second-order valence-electron chi connectivity index (χ2n) is 6.82. The first kappa shape index (κ1) is 16.1. The van der Waals surface area contributed by atoms with Crippen molar-refractivity contribution in [2.75, 3.05) is 5.33 Å². The van der Waals surface area contributed by atoms with E-state index in [0.717, 1.165) is 11.2 Å². The van der Waals surface area contributed by atoms with Gasteiger partial charge in [-0.15, -0.1) is 0 Å². The highest BCUT2D eigenvalue weighted by atomic mass is 79.9. The fourth-order valence-corrected chi connectivity index (χ4v) is 4.40. The van der Waals surface area contributed by atoms with Gasteiger partial charge in [0.2, 0.25) is 0 Å². The monoisotopic (exact) mass is 336 g/mol. The highest BCUT2D eigenvalue weighted by Crippen LogP contribution is 2.44. The molecule has 20 heavy (non-hydrogen) atoms. The van der Waals surface area contributed by atoms with E-state index in [1.807, 2.05) is 0 Å². The van der Waals surface area contributed by atoms with Crippen LogP contribution in [0.3, 0.4) is 0 Å². The Labute approximate surface area is 133 Å². The van der Waals surface area contributed by atoms with E-state index < -0.39 is 0 Å². The average Bonchev–Trinajstić information content (AvgIpc) is 2.49. The lowest BCUT2D eigenvalue weighted by Crippen LogP contribution is -2.31. The lowest BCUT2D eigenvalue weighted by atomic mass is 9.67. The van der Waals surface area contributed by atoms with Crippen molar-refractivity contribution in [3.63, 3.8) is 0 Å². The third-order valence-corrected chi connectivity index (χ3v) is 6.43. The van der Waals surface area contributed by atoms with Crippen molar-refractivity contribution in [3.8, 4) is 0 Å². The van der Waals surface area contributed by atoms with Crippen LogP contribution in [0, 0.1) is 18.3 Å². The average molecular weight is 337 g/mol. The van der Waals surface area contributed by atoms with E-state index in [9.17, 15) is 0 Å². The van der Waals surface area contributed by atoms with Crippen molar-refractivity contribution in [1.29, 1.82) is 0 Å². The lowest BCUT2D eigenvalue weighted by molar-refractivity contribution is 0.168. The molecule has 0 heterocycles. The molecule has 1 aromatic carbocycles. The Kier molecular flexibility index (Phi) is 6.14. The van der Waals surface area contributed by atoms with Crippen molar-refractivity contribution in [2.45, 2.75) is 65.2 Å². The van der Waals surface area contributed by atoms with Gasteiger partial charge in [0, 0.05) is 5.33 Å². The van der Waals surface area contributed by atoms with E-state index in [1.54, 1.807) is 5.56 Å². The van der Waals surface area contributed by atoms with Crippen LogP contribution in [0.5, 0.6) is 0 Å². The maximum atomic E-state index is 3.82. The van der Waals surface area contributed by atoms with Gasteiger partial charge >= 0.3 is 0 Å². The Morgan fingerprint density at radius 1 is 1.20 bits per heavy atom. The molecule has 0 bridgehead atoms. The molecule has 0 nitrogen and oxygen atoms in total. The summed E-state index contributed by atoms with van der Waals surface area (Å²) >= 11 is 3.82. The van der Waals surface area contributed by atoms with Crippen molar-refractivity contribution in [3.05, 3.63) is 35.4 Å². The van der Waals surface area contributed by atoms with Gasteiger partial charge in [-0.3, -0.25) is 0 Å². The van der Waals surface area contributed by atoms with Crippen LogP contribution in [-0.2, 0) is 6.42 Å². The third-order valence-electron chi connectivity index (χ3n) is 5.24. The number of alkyl halides is 1. The maximum Gasteiger partial charge on any atom is 0.00911 e. The van der Waals surface area contributed by atoms with Gasteiger partial charge in [-0.1, -0.05) is 66.4 Å². The first-order chi connectivity index (χ1) is 9.69. The SMILES string of the molecule is CCCCC1CCC(CBr)(Cc2ccccc2C)CC1. The molecule has 112 valence electrons. The van der Waals surface area contributed by atoms with Gasteiger partial charge in [-0.05, 0) is 61.5 Å². The van der Waals surface area contributed by atoms with Gasteiger partial charge in [-0.2, -0.15) is 0 Å². The number of unbranched alkanes of at least 4 members (excludes halogenated alkanes) is 1. The Balaban J connectivity index is 1.97. The number of rotatable bonds is 6. The maximum absolute atomic E-state index is 3.82. The molecule has 1 heteroatoms.